The molecule has 2 aromatic carbocycles. The van der Waals surface area contributed by atoms with E-state index in [0.29, 0.717) is 29.4 Å². The summed E-state index contributed by atoms with van der Waals surface area (Å²) in [5, 5.41) is 8.95. The molecule has 0 bridgehead atoms. The molecule has 7 heteroatoms. The lowest BCUT2D eigenvalue weighted by atomic mass is 10.1. The number of amides is 2. The molecule has 1 saturated heterocycles. The molecule has 0 aromatic heterocycles. The molecule has 0 unspecified atom stereocenters. The Kier molecular flexibility index (Phi) is 6.75. The zero-order chi connectivity index (χ0) is 20.1. The van der Waals surface area contributed by atoms with Crippen molar-refractivity contribution in [3.8, 4) is 11.8 Å². The van der Waals surface area contributed by atoms with Gasteiger partial charge >= 0.3 is 0 Å². The summed E-state index contributed by atoms with van der Waals surface area (Å²) in [6, 6.07) is 15.1. The summed E-state index contributed by atoms with van der Waals surface area (Å²) in [6.07, 6.45) is 2.47. The first-order valence-electron chi connectivity index (χ1n) is 8.69. The minimum absolute atomic E-state index is 0.219. The normalized spacial score (nSPS) is 15.2. The summed E-state index contributed by atoms with van der Waals surface area (Å²) in [5.41, 5.74) is 2.25. The van der Waals surface area contributed by atoms with Crippen molar-refractivity contribution < 1.29 is 14.3 Å². The van der Waals surface area contributed by atoms with Crippen molar-refractivity contribution in [1.82, 2.24) is 4.90 Å². The van der Waals surface area contributed by atoms with Crippen LogP contribution in [0.25, 0.3) is 6.08 Å². The first-order chi connectivity index (χ1) is 13.5. The third kappa shape index (κ3) is 4.56. The number of benzene rings is 2. The minimum Gasteiger partial charge on any atom is -0.488 e. The van der Waals surface area contributed by atoms with Gasteiger partial charge in [0, 0.05) is 12.1 Å². The predicted molar refractivity (Wildman–Crippen MR) is 118 cm³/mol. The van der Waals surface area contributed by atoms with Crippen LogP contribution in [0.5, 0.6) is 5.75 Å². The zero-order valence-corrected chi connectivity index (χ0v) is 18.1. The van der Waals surface area contributed by atoms with Gasteiger partial charge in [-0.3, -0.25) is 14.5 Å². The topological polar surface area (TPSA) is 70.4 Å². The lowest BCUT2D eigenvalue weighted by Gasteiger charge is -2.10. The number of imide groups is 1. The quantitative estimate of drug-likeness (QED) is 0.400. The highest BCUT2D eigenvalue weighted by atomic mass is 127. The number of rotatable bonds is 6. The smallest absolute Gasteiger partial charge is 0.293 e. The Hall–Kier alpha value is -2.31. The molecule has 5 nitrogen and oxygen atoms in total. The van der Waals surface area contributed by atoms with Crippen LogP contribution in [0.1, 0.15) is 30.0 Å². The number of carbonyl (C=O) groups is 2. The largest absolute Gasteiger partial charge is 0.488 e. The average Bonchev–Trinajstić information content (AvgIpc) is 2.95. The van der Waals surface area contributed by atoms with Crippen LogP contribution in [0.2, 0.25) is 0 Å². The third-order valence-corrected chi connectivity index (χ3v) is 5.85. The van der Waals surface area contributed by atoms with Crippen molar-refractivity contribution in [2.75, 3.05) is 6.54 Å². The van der Waals surface area contributed by atoms with Gasteiger partial charge in [-0.1, -0.05) is 31.2 Å². The molecule has 0 N–H and O–H groups in total. The second-order valence-corrected chi connectivity index (χ2v) is 8.24. The van der Waals surface area contributed by atoms with Crippen LogP contribution >= 0.6 is 34.4 Å². The van der Waals surface area contributed by atoms with Crippen LogP contribution in [-0.4, -0.2) is 22.6 Å². The summed E-state index contributed by atoms with van der Waals surface area (Å²) in [5.74, 6) is 0.463. The molecule has 0 aliphatic carbocycles. The van der Waals surface area contributed by atoms with Crippen LogP contribution in [0.15, 0.2) is 47.4 Å². The van der Waals surface area contributed by atoms with Gasteiger partial charge in [0.25, 0.3) is 11.1 Å². The summed E-state index contributed by atoms with van der Waals surface area (Å²) >= 11 is 3.14. The van der Waals surface area contributed by atoms with E-state index >= 15 is 0 Å². The van der Waals surface area contributed by atoms with Crippen molar-refractivity contribution in [2.24, 2.45) is 0 Å². The van der Waals surface area contributed by atoms with Gasteiger partial charge < -0.3 is 4.74 Å². The highest BCUT2D eigenvalue weighted by Crippen LogP contribution is 2.33. The molecule has 2 amide bonds. The molecule has 0 atom stereocenters. The molecule has 0 saturated carbocycles. The van der Waals surface area contributed by atoms with E-state index in [4.69, 9.17) is 10.00 Å². The van der Waals surface area contributed by atoms with Gasteiger partial charge in [0.1, 0.15) is 12.4 Å². The van der Waals surface area contributed by atoms with Crippen LogP contribution in [0.4, 0.5) is 4.79 Å². The van der Waals surface area contributed by atoms with Gasteiger partial charge in [-0.05, 0) is 70.6 Å². The fraction of sp³-hybridized carbons (Fsp3) is 0.190. The Labute approximate surface area is 181 Å². The zero-order valence-electron chi connectivity index (χ0n) is 15.1. The highest BCUT2D eigenvalue weighted by molar-refractivity contribution is 14.1. The summed E-state index contributed by atoms with van der Waals surface area (Å²) < 4.78 is 6.75. The van der Waals surface area contributed by atoms with E-state index in [1.807, 2.05) is 43.3 Å². The van der Waals surface area contributed by atoms with E-state index in [1.165, 1.54) is 4.90 Å². The van der Waals surface area contributed by atoms with E-state index in [0.717, 1.165) is 32.9 Å². The number of thioether (sulfide) groups is 1. The number of ether oxygens (including phenoxy) is 1. The molecular formula is C21H17IN2O3S. The molecule has 3 rings (SSSR count). The third-order valence-electron chi connectivity index (χ3n) is 4.10. The maximum atomic E-state index is 12.3. The Balaban J connectivity index is 1.73. The first-order valence-corrected chi connectivity index (χ1v) is 10.6. The van der Waals surface area contributed by atoms with Gasteiger partial charge in [0.15, 0.2) is 0 Å². The van der Waals surface area contributed by atoms with Crippen LogP contribution in [-0.2, 0) is 11.4 Å². The second-order valence-electron chi connectivity index (χ2n) is 6.08. The molecule has 2 aromatic rings. The van der Waals surface area contributed by atoms with Gasteiger partial charge in [0.2, 0.25) is 0 Å². The van der Waals surface area contributed by atoms with Gasteiger partial charge in [0.05, 0.1) is 20.1 Å². The molecule has 142 valence electrons. The second kappa shape index (κ2) is 9.26. The first kappa shape index (κ1) is 20.4. The van der Waals surface area contributed by atoms with E-state index in [2.05, 4.69) is 28.7 Å². The van der Waals surface area contributed by atoms with Crippen molar-refractivity contribution in [3.05, 3.63) is 67.6 Å². The van der Waals surface area contributed by atoms with Gasteiger partial charge in [-0.2, -0.15) is 5.26 Å². The van der Waals surface area contributed by atoms with E-state index in [1.54, 1.807) is 12.1 Å². The summed E-state index contributed by atoms with van der Waals surface area (Å²) in [4.78, 5) is 26.0. The highest BCUT2D eigenvalue weighted by Gasteiger charge is 2.34. The molecule has 28 heavy (non-hydrogen) atoms. The van der Waals surface area contributed by atoms with Crippen LogP contribution in [0.3, 0.4) is 0 Å². The molecular weight excluding hydrogens is 487 g/mol. The maximum Gasteiger partial charge on any atom is 0.293 e. The number of hydrogen-bond acceptors (Lipinski definition) is 5. The molecule has 1 aliphatic heterocycles. The minimum atomic E-state index is -0.236. The number of halogens is 1. The van der Waals surface area contributed by atoms with Gasteiger partial charge in [-0.25, -0.2) is 0 Å². The fourth-order valence-corrected chi connectivity index (χ4v) is 4.26. The van der Waals surface area contributed by atoms with E-state index in [9.17, 15) is 9.59 Å². The average molecular weight is 504 g/mol. The SMILES string of the molecule is CCCN1C(=O)S/C(=C/c2ccc(OCc3ccccc3C#N)c(I)c2)C1=O. The molecule has 1 aliphatic rings. The van der Waals surface area contributed by atoms with E-state index in [-0.39, 0.29) is 11.1 Å². The standard InChI is InChI=1S/C21H17IN2O3S/c1-2-9-24-20(25)19(28-21(24)26)11-14-7-8-18(17(22)10-14)27-13-16-6-4-3-5-15(16)12-23/h3-8,10-11H,2,9,13H2,1H3/b19-11+. The lowest BCUT2D eigenvalue weighted by molar-refractivity contribution is -0.122. The molecule has 0 radical (unpaired) electrons. The van der Waals surface area contributed by atoms with Crippen LogP contribution in [0, 0.1) is 14.9 Å². The fourth-order valence-electron chi connectivity index (χ4n) is 2.70. The van der Waals surface area contributed by atoms with Crippen LogP contribution < -0.4 is 4.74 Å². The maximum absolute atomic E-state index is 12.3. The summed E-state index contributed by atoms with van der Waals surface area (Å²) in [7, 11) is 0. The Morgan fingerprint density at radius 1 is 1.25 bits per heavy atom. The predicted octanol–water partition coefficient (Wildman–Crippen LogP) is 5.19. The Morgan fingerprint density at radius 3 is 2.75 bits per heavy atom. The number of hydrogen-bond donors (Lipinski definition) is 0. The Morgan fingerprint density at radius 2 is 2.04 bits per heavy atom. The van der Waals surface area contributed by atoms with Gasteiger partial charge in [-0.15, -0.1) is 0 Å². The van der Waals surface area contributed by atoms with Crippen molar-refractivity contribution in [1.29, 1.82) is 5.26 Å². The number of nitriles is 1. The lowest BCUT2D eigenvalue weighted by Crippen LogP contribution is -2.28. The molecule has 1 fully saturated rings. The number of nitrogens with zero attached hydrogens (tertiary/aromatic N) is 2. The van der Waals surface area contributed by atoms with Crippen molar-refractivity contribution in [3.63, 3.8) is 0 Å². The monoisotopic (exact) mass is 504 g/mol. The van der Waals surface area contributed by atoms with Crippen molar-refractivity contribution >= 4 is 51.6 Å². The molecule has 1 heterocycles. The Bertz CT molecular complexity index is 997. The van der Waals surface area contributed by atoms with E-state index < -0.39 is 0 Å². The van der Waals surface area contributed by atoms with Crippen molar-refractivity contribution in [2.45, 2.75) is 20.0 Å². The number of carbonyl (C=O) groups excluding carboxylic acids is 2. The molecule has 0 spiro atoms. The summed E-state index contributed by atoms with van der Waals surface area (Å²) in [6.45, 7) is 2.68.